The Hall–Kier alpha value is -1.62. The van der Waals surface area contributed by atoms with Gasteiger partial charge in [0.25, 0.3) is 0 Å². The molecule has 3 rings (SSSR count). The molecule has 1 aliphatic rings. The second-order valence-corrected chi connectivity index (χ2v) is 5.87. The molecule has 0 aliphatic heterocycles. The van der Waals surface area contributed by atoms with Crippen LogP contribution < -0.4 is 5.32 Å². The Morgan fingerprint density at radius 2 is 2.26 bits per heavy atom. The number of methoxy groups -OCH3 is 1. The minimum absolute atomic E-state index is 0.123. The minimum atomic E-state index is 0.123. The van der Waals surface area contributed by atoms with Crippen LogP contribution in [0, 0.1) is 12.3 Å². The molecule has 1 fully saturated rings. The van der Waals surface area contributed by atoms with Crippen molar-refractivity contribution in [3.05, 3.63) is 24.2 Å². The Labute approximate surface area is 113 Å². The summed E-state index contributed by atoms with van der Waals surface area (Å²) in [6.07, 6.45) is 4.98. The van der Waals surface area contributed by atoms with Gasteiger partial charge in [-0.1, -0.05) is 13.8 Å². The Bertz CT molecular complexity index is 605. The zero-order chi connectivity index (χ0) is 13.6. The number of rotatable bonds is 3. The third kappa shape index (κ3) is 1.89. The van der Waals surface area contributed by atoms with Crippen molar-refractivity contribution in [3.63, 3.8) is 0 Å². The lowest BCUT2D eigenvalue weighted by Gasteiger charge is -2.51. The molecule has 2 aromatic heterocycles. The number of nitrogens with one attached hydrogen (secondary N) is 1. The Kier molecular flexibility index (Phi) is 2.74. The summed E-state index contributed by atoms with van der Waals surface area (Å²) in [5, 5.41) is 7.94. The molecule has 0 amide bonds. The van der Waals surface area contributed by atoms with E-state index in [0.29, 0.717) is 12.1 Å². The minimum Gasteiger partial charge on any atom is -0.381 e. The van der Waals surface area contributed by atoms with Gasteiger partial charge in [0.15, 0.2) is 5.82 Å². The molecule has 1 saturated carbocycles. The van der Waals surface area contributed by atoms with Gasteiger partial charge in [-0.2, -0.15) is 5.10 Å². The van der Waals surface area contributed by atoms with E-state index in [-0.39, 0.29) is 5.41 Å². The van der Waals surface area contributed by atoms with E-state index in [2.05, 4.69) is 35.3 Å². The summed E-state index contributed by atoms with van der Waals surface area (Å²) in [6.45, 7) is 6.44. The molecule has 102 valence electrons. The first-order valence-electron chi connectivity index (χ1n) is 6.62. The third-order valence-corrected chi connectivity index (χ3v) is 4.29. The van der Waals surface area contributed by atoms with E-state index >= 15 is 0 Å². The maximum atomic E-state index is 5.48. The molecule has 2 heterocycles. The average molecular weight is 260 g/mol. The topological polar surface area (TPSA) is 51.5 Å². The van der Waals surface area contributed by atoms with Crippen molar-refractivity contribution in [2.75, 3.05) is 12.4 Å². The van der Waals surface area contributed by atoms with Crippen LogP contribution in [0.15, 0.2) is 18.5 Å². The van der Waals surface area contributed by atoms with Crippen LogP contribution in [0.2, 0.25) is 0 Å². The fraction of sp³-hybridized carbons (Fsp3) is 0.571. The van der Waals surface area contributed by atoms with E-state index in [9.17, 15) is 0 Å². The number of anilines is 1. The number of ether oxygens (including phenoxy) is 1. The molecule has 1 aliphatic carbocycles. The van der Waals surface area contributed by atoms with Crippen molar-refractivity contribution in [2.45, 2.75) is 39.3 Å². The van der Waals surface area contributed by atoms with Gasteiger partial charge in [0.1, 0.15) is 5.52 Å². The lowest BCUT2D eigenvalue weighted by Crippen LogP contribution is -2.57. The lowest BCUT2D eigenvalue weighted by molar-refractivity contribution is -0.0795. The first-order valence-corrected chi connectivity index (χ1v) is 6.62. The van der Waals surface area contributed by atoms with Gasteiger partial charge in [-0.05, 0) is 19.4 Å². The van der Waals surface area contributed by atoms with Gasteiger partial charge in [-0.25, -0.2) is 9.50 Å². The summed E-state index contributed by atoms with van der Waals surface area (Å²) in [5.41, 5.74) is 2.15. The molecule has 0 saturated heterocycles. The van der Waals surface area contributed by atoms with Gasteiger partial charge in [0.2, 0.25) is 0 Å². The van der Waals surface area contributed by atoms with Crippen LogP contribution in [-0.4, -0.2) is 33.9 Å². The Balaban J connectivity index is 1.87. The van der Waals surface area contributed by atoms with E-state index in [1.165, 1.54) is 0 Å². The fourth-order valence-corrected chi connectivity index (χ4v) is 2.85. The molecular weight excluding hydrogens is 240 g/mol. The standard InChI is InChI=1S/C14H20N4O/c1-9-7-10-13(15-5-6-18(10)17-9)16-11-8-12(19-4)14(11,2)3/h5-7,11-12H,8H2,1-4H3,(H,15,16). The van der Waals surface area contributed by atoms with E-state index in [1.54, 1.807) is 13.3 Å². The molecular formula is C14H20N4O. The quantitative estimate of drug-likeness (QED) is 0.919. The molecule has 5 heteroatoms. The second-order valence-electron chi connectivity index (χ2n) is 5.87. The highest BCUT2D eigenvalue weighted by atomic mass is 16.5. The molecule has 0 bridgehead atoms. The monoisotopic (exact) mass is 260 g/mol. The summed E-state index contributed by atoms with van der Waals surface area (Å²) in [6, 6.07) is 2.43. The predicted molar refractivity (Wildman–Crippen MR) is 74.3 cm³/mol. The maximum Gasteiger partial charge on any atom is 0.152 e. The highest BCUT2D eigenvalue weighted by Gasteiger charge is 2.48. The SMILES string of the molecule is COC1CC(Nc2nccn3nc(C)cc23)C1(C)C. The number of fused-ring (bicyclic) bond motifs is 1. The molecule has 2 aromatic rings. The van der Waals surface area contributed by atoms with Gasteiger partial charge < -0.3 is 10.1 Å². The van der Waals surface area contributed by atoms with Crippen LogP contribution in [0.25, 0.3) is 5.52 Å². The third-order valence-electron chi connectivity index (χ3n) is 4.29. The largest absolute Gasteiger partial charge is 0.381 e. The number of aromatic nitrogens is 3. The fourth-order valence-electron chi connectivity index (χ4n) is 2.85. The second kappa shape index (κ2) is 4.20. The molecule has 0 spiro atoms. The van der Waals surface area contributed by atoms with Gasteiger partial charge in [-0.3, -0.25) is 0 Å². The van der Waals surface area contributed by atoms with E-state index in [4.69, 9.17) is 4.74 Å². The lowest BCUT2D eigenvalue weighted by atomic mass is 9.64. The highest BCUT2D eigenvalue weighted by Crippen LogP contribution is 2.44. The van der Waals surface area contributed by atoms with Crippen LogP contribution in [-0.2, 0) is 4.74 Å². The normalized spacial score (nSPS) is 25.3. The van der Waals surface area contributed by atoms with E-state index < -0.39 is 0 Å². The molecule has 5 nitrogen and oxygen atoms in total. The first kappa shape index (κ1) is 12.4. The molecule has 19 heavy (non-hydrogen) atoms. The summed E-state index contributed by atoms with van der Waals surface area (Å²) in [7, 11) is 1.78. The van der Waals surface area contributed by atoms with Crippen molar-refractivity contribution >= 4 is 11.3 Å². The van der Waals surface area contributed by atoms with Crippen molar-refractivity contribution in [2.24, 2.45) is 5.41 Å². The van der Waals surface area contributed by atoms with Crippen molar-refractivity contribution in [3.8, 4) is 0 Å². The molecule has 2 unspecified atom stereocenters. The number of hydrogen-bond acceptors (Lipinski definition) is 4. The van der Waals surface area contributed by atoms with Gasteiger partial charge in [0.05, 0.1) is 11.8 Å². The van der Waals surface area contributed by atoms with E-state index in [0.717, 1.165) is 23.4 Å². The Morgan fingerprint density at radius 1 is 1.47 bits per heavy atom. The van der Waals surface area contributed by atoms with Gasteiger partial charge in [-0.15, -0.1) is 0 Å². The highest BCUT2D eigenvalue weighted by molar-refractivity contribution is 5.68. The molecule has 2 atom stereocenters. The molecule has 0 radical (unpaired) electrons. The first-order chi connectivity index (χ1) is 9.02. The summed E-state index contributed by atoms with van der Waals surface area (Å²) < 4.78 is 7.35. The average Bonchev–Trinajstić information content (AvgIpc) is 2.74. The van der Waals surface area contributed by atoms with Crippen LogP contribution in [0.5, 0.6) is 0 Å². The number of nitrogens with zero attached hydrogens (tertiary/aromatic N) is 3. The van der Waals surface area contributed by atoms with Crippen molar-refractivity contribution in [1.82, 2.24) is 14.6 Å². The van der Waals surface area contributed by atoms with Crippen LogP contribution in [0.3, 0.4) is 0 Å². The van der Waals surface area contributed by atoms with Crippen molar-refractivity contribution in [1.29, 1.82) is 0 Å². The zero-order valence-electron chi connectivity index (χ0n) is 11.8. The van der Waals surface area contributed by atoms with E-state index in [1.807, 2.05) is 17.6 Å². The van der Waals surface area contributed by atoms with Crippen molar-refractivity contribution < 1.29 is 4.74 Å². The predicted octanol–water partition coefficient (Wildman–Crippen LogP) is 2.26. The van der Waals surface area contributed by atoms with Crippen LogP contribution in [0.1, 0.15) is 26.0 Å². The zero-order valence-corrected chi connectivity index (χ0v) is 11.8. The summed E-state index contributed by atoms with van der Waals surface area (Å²) in [5.74, 6) is 0.899. The summed E-state index contributed by atoms with van der Waals surface area (Å²) >= 11 is 0. The van der Waals surface area contributed by atoms with Gasteiger partial charge in [0, 0.05) is 31.0 Å². The molecule has 0 aromatic carbocycles. The van der Waals surface area contributed by atoms with Crippen LogP contribution >= 0.6 is 0 Å². The smallest absolute Gasteiger partial charge is 0.152 e. The number of hydrogen-bond donors (Lipinski definition) is 1. The molecule has 1 N–H and O–H groups in total. The van der Waals surface area contributed by atoms with Gasteiger partial charge >= 0.3 is 0 Å². The van der Waals surface area contributed by atoms with Crippen LogP contribution in [0.4, 0.5) is 5.82 Å². The maximum absolute atomic E-state index is 5.48. The number of aryl methyl sites for hydroxylation is 1. The Morgan fingerprint density at radius 3 is 2.95 bits per heavy atom. The summed E-state index contributed by atoms with van der Waals surface area (Å²) in [4.78, 5) is 4.45.